The molecule has 17 heteroatoms. The normalized spacial score (nSPS) is 12.7. The largest absolute Gasteiger partial charge is 0.497 e. The van der Waals surface area contributed by atoms with Crippen LogP contribution in [0.15, 0.2) is 34.0 Å². The fourth-order valence-corrected chi connectivity index (χ4v) is 4.52. The van der Waals surface area contributed by atoms with Gasteiger partial charge < -0.3 is 14.2 Å². The number of nitrogens with zero attached hydrogens (tertiary/aromatic N) is 4. The van der Waals surface area contributed by atoms with Gasteiger partial charge in [-0.3, -0.25) is 9.36 Å². The first-order valence-corrected chi connectivity index (χ1v) is 12.3. The van der Waals surface area contributed by atoms with Gasteiger partial charge >= 0.3 is 11.9 Å². The van der Waals surface area contributed by atoms with Gasteiger partial charge in [-0.15, -0.1) is 5.10 Å². The topological polar surface area (TPSA) is 144 Å². The van der Waals surface area contributed by atoms with Crippen molar-refractivity contribution < 1.29 is 40.6 Å². The molecule has 206 valence electrons. The summed E-state index contributed by atoms with van der Waals surface area (Å²) in [7, 11) is -0.717. The summed E-state index contributed by atoms with van der Waals surface area (Å²) in [6.45, 7) is 2.47. The van der Waals surface area contributed by atoms with Crippen LogP contribution in [0.5, 0.6) is 17.4 Å². The molecule has 0 bridgehead atoms. The molecular weight excluding hydrogens is 559 g/mol. The van der Waals surface area contributed by atoms with E-state index in [1.54, 1.807) is 4.72 Å². The molecule has 3 aromatic rings. The van der Waals surface area contributed by atoms with E-state index in [-0.39, 0.29) is 17.3 Å². The summed E-state index contributed by atoms with van der Waals surface area (Å²) in [4.78, 5) is 28.3. The van der Waals surface area contributed by atoms with E-state index in [0.717, 1.165) is 17.6 Å². The minimum absolute atomic E-state index is 0.126. The molecule has 0 aliphatic carbocycles. The van der Waals surface area contributed by atoms with Crippen LogP contribution in [0.1, 0.15) is 18.3 Å². The number of nitrogens with one attached hydrogen (secondary N) is 1. The standard InChI is InChI=1S/C21H21ClF3N5O7S/c1-10(18(31)28-38(33,34)16-8-12(35-4)6-7-15(16)36-5)37-19-13(21(23,24)25)9-14(22)17(26-19)30-20(32)29(3)11(2)27-30/h6-10H,1-5H3,(H,28,31)/t10-/m0/s1. The Hall–Kier alpha value is -3.79. The van der Waals surface area contributed by atoms with E-state index in [0.29, 0.717) is 10.7 Å². The Morgan fingerprint density at radius 1 is 1.18 bits per heavy atom. The minimum Gasteiger partial charge on any atom is -0.497 e. The molecule has 2 aromatic heterocycles. The Morgan fingerprint density at radius 3 is 2.37 bits per heavy atom. The maximum absolute atomic E-state index is 13.7. The van der Waals surface area contributed by atoms with Crippen molar-refractivity contribution in [2.45, 2.75) is 31.0 Å². The number of hydrogen-bond acceptors (Lipinski definition) is 9. The van der Waals surface area contributed by atoms with Crippen LogP contribution in [0.2, 0.25) is 5.02 Å². The van der Waals surface area contributed by atoms with Crippen molar-refractivity contribution >= 4 is 27.5 Å². The number of hydrogen-bond donors (Lipinski definition) is 1. The fourth-order valence-electron chi connectivity index (χ4n) is 3.06. The van der Waals surface area contributed by atoms with Crippen LogP contribution in [0, 0.1) is 6.92 Å². The van der Waals surface area contributed by atoms with Crippen molar-refractivity contribution in [2.24, 2.45) is 7.05 Å². The summed E-state index contributed by atoms with van der Waals surface area (Å²) in [5, 5.41) is 3.33. The lowest BCUT2D eigenvalue weighted by Gasteiger charge is -2.19. The number of carbonyl (C=O) groups is 1. The first-order chi connectivity index (χ1) is 17.6. The van der Waals surface area contributed by atoms with E-state index in [1.807, 2.05) is 0 Å². The van der Waals surface area contributed by atoms with Crippen LogP contribution >= 0.6 is 11.6 Å². The lowest BCUT2D eigenvalue weighted by atomic mass is 10.2. The predicted octanol–water partition coefficient (Wildman–Crippen LogP) is 2.24. The van der Waals surface area contributed by atoms with Crippen molar-refractivity contribution in [3.05, 3.63) is 51.2 Å². The van der Waals surface area contributed by atoms with Crippen LogP contribution < -0.4 is 24.6 Å². The maximum atomic E-state index is 13.7. The molecule has 0 aliphatic rings. The molecule has 0 saturated carbocycles. The van der Waals surface area contributed by atoms with Crippen molar-refractivity contribution in [2.75, 3.05) is 14.2 Å². The Kier molecular flexibility index (Phi) is 7.97. The third-order valence-electron chi connectivity index (χ3n) is 5.18. The molecule has 38 heavy (non-hydrogen) atoms. The first-order valence-electron chi connectivity index (χ1n) is 10.5. The number of benzene rings is 1. The summed E-state index contributed by atoms with van der Waals surface area (Å²) in [6.07, 6.45) is -6.85. The molecule has 0 fully saturated rings. The minimum atomic E-state index is -5.04. The number of methoxy groups -OCH3 is 2. The number of rotatable bonds is 8. The van der Waals surface area contributed by atoms with Crippen molar-refractivity contribution in [1.82, 2.24) is 24.1 Å². The zero-order chi connectivity index (χ0) is 28.6. The molecule has 0 radical (unpaired) electrons. The Labute approximate surface area is 218 Å². The summed E-state index contributed by atoms with van der Waals surface area (Å²) >= 11 is 5.98. The molecule has 0 spiro atoms. The number of ether oxygens (including phenoxy) is 3. The van der Waals surface area contributed by atoms with Crippen LogP contribution in [0.4, 0.5) is 13.2 Å². The summed E-state index contributed by atoms with van der Waals surface area (Å²) in [5.74, 6) is -2.74. The molecule has 2 heterocycles. The number of aromatic nitrogens is 4. The van der Waals surface area contributed by atoms with Gasteiger partial charge in [0.15, 0.2) is 11.9 Å². The van der Waals surface area contributed by atoms with E-state index >= 15 is 0 Å². The zero-order valence-electron chi connectivity index (χ0n) is 20.5. The second-order valence-corrected chi connectivity index (χ2v) is 9.75. The molecule has 0 saturated heterocycles. The second-order valence-electron chi connectivity index (χ2n) is 7.69. The van der Waals surface area contributed by atoms with E-state index in [2.05, 4.69) is 10.1 Å². The molecule has 1 atom stereocenters. The fraction of sp³-hybridized carbons (Fsp3) is 0.333. The van der Waals surface area contributed by atoms with Gasteiger partial charge in [0, 0.05) is 13.1 Å². The van der Waals surface area contributed by atoms with Gasteiger partial charge in [0.2, 0.25) is 5.88 Å². The van der Waals surface area contributed by atoms with Crippen LogP contribution in [-0.2, 0) is 28.0 Å². The number of aryl methyl sites for hydroxylation is 1. The highest BCUT2D eigenvalue weighted by Crippen LogP contribution is 2.38. The highest BCUT2D eigenvalue weighted by molar-refractivity contribution is 7.90. The van der Waals surface area contributed by atoms with Crippen LogP contribution in [0.3, 0.4) is 0 Å². The summed E-state index contributed by atoms with van der Waals surface area (Å²) in [6, 6.07) is 4.25. The van der Waals surface area contributed by atoms with Crippen molar-refractivity contribution in [3.63, 3.8) is 0 Å². The summed E-state index contributed by atoms with van der Waals surface area (Å²) < 4.78 is 85.5. The van der Waals surface area contributed by atoms with Crippen molar-refractivity contribution in [3.8, 4) is 23.2 Å². The SMILES string of the molecule is COc1ccc(OC)c(S(=O)(=O)NC(=O)[C@H](C)Oc2nc(-n3nc(C)n(C)c3=O)c(Cl)cc2C(F)(F)F)c1. The second kappa shape index (κ2) is 10.5. The van der Waals surface area contributed by atoms with Gasteiger partial charge in [-0.1, -0.05) is 11.6 Å². The molecule has 3 rings (SSSR count). The predicted molar refractivity (Wildman–Crippen MR) is 126 cm³/mol. The Bertz CT molecular complexity index is 1550. The van der Waals surface area contributed by atoms with Crippen LogP contribution in [0.25, 0.3) is 5.82 Å². The number of carbonyl (C=O) groups excluding carboxylic acids is 1. The Balaban J connectivity index is 1.98. The third kappa shape index (κ3) is 5.70. The highest BCUT2D eigenvalue weighted by Gasteiger charge is 2.38. The highest BCUT2D eigenvalue weighted by atomic mass is 35.5. The van der Waals surface area contributed by atoms with E-state index < -0.39 is 61.1 Å². The van der Waals surface area contributed by atoms with Crippen LogP contribution in [-0.4, -0.2) is 54.0 Å². The van der Waals surface area contributed by atoms with Crippen molar-refractivity contribution in [1.29, 1.82) is 0 Å². The van der Waals surface area contributed by atoms with E-state index in [1.165, 1.54) is 40.3 Å². The third-order valence-corrected chi connectivity index (χ3v) is 6.83. The maximum Gasteiger partial charge on any atom is 0.421 e. The number of amides is 1. The average molecular weight is 580 g/mol. The molecule has 1 aromatic carbocycles. The number of pyridine rings is 1. The number of alkyl halides is 3. The van der Waals surface area contributed by atoms with Gasteiger partial charge in [-0.25, -0.2) is 17.9 Å². The number of halogens is 4. The molecule has 0 aliphatic heterocycles. The monoisotopic (exact) mass is 579 g/mol. The quantitative estimate of drug-likeness (QED) is 0.425. The molecule has 0 unspecified atom stereocenters. The zero-order valence-corrected chi connectivity index (χ0v) is 22.0. The van der Waals surface area contributed by atoms with Gasteiger partial charge in [0.05, 0.1) is 19.2 Å². The summed E-state index contributed by atoms with van der Waals surface area (Å²) in [5.41, 5.74) is -2.23. The van der Waals surface area contributed by atoms with Gasteiger partial charge in [0.25, 0.3) is 15.9 Å². The van der Waals surface area contributed by atoms with Gasteiger partial charge in [-0.2, -0.15) is 22.8 Å². The number of sulfonamides is 1. The average Bonchev–Trinajstić information content (AvgIpc) is 3.10. The Morgan fingerprint density at radius 2 is 1.84 bits per heavy atom. The first kappa shape index (κ1) is 28.8. The van der Waals surface area contributed by atoms with Gasteiger partial charge in [0.1, 0.15) is 27.8 Å². The molecule has 12 nitrogen and oxygen atoms in total. The molecular formula is C21H21ClF3N5O7S. The lowest BCUT2D eigenvalue weighted by molar-refractivity contribution is -0.141. The van der Waals surface area contributed by atoms with E-state index in [9.17, 15) is 31.2 Å². The molecule has 1 amide bonds. The molecule has 1 N–H and O–H groups in total. The van der Waals surface area contributed by atoms with E-state index in [4.69, 9.17) is 25.8 Å². The van der Waals surface area contributed by atoms with Gasteiger partial charge in [-0.05, 0) is 32.0 Å². The lowest BCUT2D eigenvalue weighted by Crippen LogP contribution is -2.40. The smallest absolute Gasteiger partial charge is 0.421 e.